The van der Waals surface area contributed by atoms with Gasteiger partial charge in [0.2, 0.25) is 6.79 Å². The van der Waals surface area contributed by atoms with Gasteiger partial charge >= 0.3 is 5.97 Å². The Labute approximate surface area is 106 Å². The molecule has 0 aromatic heterocycles. The highest BCUT2D eigenvalue weighted by molar-refractivity contribution is 5.69. The van der Waals surface area contributed by atoms with E-state index >= 15 is 0 Å². The van der Waals surface area contributed by atoms with Gasteiger partial charge in [-0.2, -0.15) is 0 Å². The van der Waals surface area contributed by atoms with E-state index in [1.165, 1.54) is 7.11 Å². The molecule has 0 saturated carbocycles. The van der Waals surface area contributed by atoms with Gasteiger partial charge in [-0.1, -0.05) is 0 Å². The molecule has 1 heterocycles. The van der Waals surface area contributed by atoms with Crippen LogP contribution in [0.3, 0.4) is 0 Å². The van der Waals surface area contributed by atoms with Crippen molar-refractivity contribution in [2.45, 2.75) is 19.9 Å². The predicted octanol–water partition coefficient (Wildman–Crippen LogP) is 1.38. The van der Waals surface area contributed by atoms with Crippen LogP contribution in [-0.2, 0) is 16.1 Å². The molecule has 0 unspecified atom stereocenters. The first-order valence-corrected chi connectivity index (χ1v) is 5.87. The fourth-order valence-corrected chi connectivity index (χ4v) is 1.79. The highest BCUT2D eigenvalue weighted by Crippen LogP contribution is 2.34. The Kier molecular flexibility index (Phi) is 4.04. The zero-order valence-electron chi connectivity index (χ0n) is 10.6. The van der Waals surface area contributed by atoms with Gasteiger partial charge in [-0.25, -0.2) is 0 Å². The van der Waals surface area contributed by atoms with Gasteiger partial charge in [0.15, 0.2) is 11.5 Å². The maximum atomic E-state index is 10.9. The van der Waals surface area contributed by atoms with E-state index in [1.807, 2.05) is 19.1 Å². The Balaban J connectivity index is 1.88. The Bertz CT molecular complexity index is 445. The summed E-state index contributed by atoms with van der Waals surface area (Å²) in [6.07, 6.45) is 0.375. The maximum absolute atomic E-state index is 10.9. The molecule has 0 aliphatic carbocycles. The number of aryl methyl sites for hydroxylation is 1. The largest absolute Gasteiger partial charge is 0.469 e. The van der Waals surface area contributed by atoms with Gasteiger partial charge in [-0.3, -0.25) is 4.79 Å². The van der Waals surface area contributed by atoms with Crippen LogP contribution in [0.5, 0.6) is 11.5 Å². The number of hydrogen-bond acceptors (Lipinski definition) is 5. The molecule has 0 spiro atoms. The molecular weight excluding hydrogens is 234 g/mol. The van der Waals surface area contributed by atoms with Gasteiger partial charge in [-0.15, -0.1) is 0 Å². The minimum Gasteiger partial charge on any atom is -0.469 e. The molecular formula is C13H17NO4. The quantitative estimate of drug-likeness (QED) is 0.633. The normalized spacial score (nSPS) is 12.6. The monoisotopic (exact) mass is 251 g/mol. The summed E-state index contributed by atoms with van der Waals surface area (Å²) >= 11 is 0. The Morgan fingerprint density at radius 3 is 2.83 bits per heavy atom. The third-order valence-electron chi connectivity index (χ3n) is 2.88. The number of carbonyl (C=O) groups excluding carboxylic acids is 1. The van der Waals surface area contributed by atoms with Crippen LogP contribution >= 0.6 is 0 Å². The minimum atomic E-state index is -0.204. The lowest BCUT2D eigenvalue weighted by Gasteiger charge is -2.08. The van der Waals surface area contributed by atoms with Crippen molar-refractivity contribution >= 4 is 5.97 Å². The van der Waals surface area contributed by atoms with Crippen molar-refractivity contribution in [1.29, 1.82) is 0 Å². The number of hydrogen-bond donors (Lipinski definition) is 1. The predicted molar refractivity (Wildman–Crippen MR) is 65.6 cm³/mol. The second-order valence-corrected chi connectivity index (χ2v) is 4.13. The van der Waals surface area contributed by atoms with Crippen LogP contribution in [0.4, 0.5) is 0 Å². The number of benzene rings is 1. The number of carbonyl (C=O) groups is 1. The van der Waals surface area contributed by atoms with Gasteiger partial charge in [0.25, 0.3) is 0 Å². The van der Waals surface area contributed by atoms with Crippen LogP contribution in [0.15, 0.2) is 12.1 Å². The van der Waals surface area contributed by atoms with Crippen LogP contribution in [-0.4, -0.2) is 26.4 Å². The van der Waals surface area contributed by atoms with Crippen LogP contribution in [0, 0.1) is 6.92 Å². The summed E-state index contributed by atoms with van der Waals surface area (Å²) < 4.78 is 15.2. The standard InChI is InChI=1S/C13H17NO4/c1-9-5-11-12(18-8-17-11)6-10(9)7-14-4-3-13(15)16-2/h5-6,14H,3-4,7-8H2,1-2H3. The van der Waals surface area contributed by atoms with Crippen LogP contribution < -0.4 is 14.8 Å². The van der Waals surface area contributed by atoms with E-state index < -0.39 is 0 Å². The fourth-order valence-electron chi connectivity index (χ4n) is 1.79. The van der Waals surface area contributed by atoms with Crippen molar-refractivity contribution in [3.8, 4) is 11.5 Å². The lowest BCUT2D eigenvalue weighted by Crippen LogP contribution is -2.18. The molecule has 5 nitrogen and oxygen atoms in total. The van der Waals surface area contributed by atoms with Crippen molar-refractivity contribution in [1.82, 2.24) is 5.32 Å². The molecule has 1 aliphatic heterocycles. The van der Waals surface area contributed by atoms with Crippen molar-refractivity contribution < 1.29 is 19.0 Å². The smallest absolute Gasteiger partial charge is 0.306 e. The Morgan fingerprint density at radius 2 is 2.11 bits per heavy atom. The van der Waals surface area contributed by atoms with E-state index in [9.17, 15) is 4.79 Å². The molecule has 0 saturated heterocycles. The van der Waals surface area contributed by atoms with E-state index in [1.54, 1.807) is 0 Å². The van der Waals surface area contributed by atoms with Crippen LogP contribution in [0.2, 0.25) is 0 Å². The molecule has 5 heteroatoms. The molecule has 0 atom stereocenters. The summed E-state index contributed by atoms with van der Waals surface area (Å²) in [5, 5.41) is 3.20. The number of methoxy groups -OCH3 is 1. The topological polar surface area (TPSA) is 56.8 Å². The molecule has 1 aromatic carbocycles. The number of fused-ring (bicyclic) bond motifs is 1. The molecule has 0 fully saturated rings. The first-order chi connectivity index (χ1) is 8.70. The molecule has 0 amide bonds. The SMILES string of the molecule is COC(=O)CCNCc1cc2c(cc1C)OCO2. The van der Waals surface area contributed by atoms with E-state index in [-0.39, 0.29) is 12.8 Å². The van der Waals surface area contributed by atoms with Gasteiger partial charge in [0, 0.05) is 13.1 Å². The molecule has 0 bridgehead atoms. The lowest BCUT2D eigenvalue weighted by molar-refractivity contribution is -0.140. The number of esters is 1. The number of ether oxygens (including phenoxy) is 3. The molecule has 1 aliphatic rings. The highest BCUT2D eigenvalue weighted by Gasteiger charge is 2.15. The molecule has 18 heavy (non-hydrogen) atoms. The lowest BCUT2D eigenvalue weighted by atomic mass is 10.1. The van der Waals surface area contributed by atoms with Crippen molar-refractivity contribution in [3.63, 3.8) is 0 Å². The second-order valence-electron chi connectivity index (χ2n) is 4.13. The molecule has 0 radical (unpaired) electrons. The molecule has 98 valence electrons. The zero-order valence-corrected chi connectivity index (χ0v) is 10.6. The van der Waals surface area contributed by atoms with Gasteiger partial charge < -0.3 is 19.5 Å². The molecule has 1 aromatic rings. The Hall–Kier alpha value is -1.75. The Morgan fingerprint density at radius 1 is 1.39 bits per heavy atom. The van der Waals surface area contributed by atoms with Gasteiger partial charge in [-0.05, 0) is 30.2 Å². The van der Waals surface area contributed by atoms with E-state index in [0.717, 1.165) is 22.6 Å². The first-order valence-electron chi connectivity index (χ1n) is 5.87. The fraction of sp³-hybridized carbons (Fsp3) is 0.462. The summed E-state index contributed by atoms with van der Waals surface area (Å²) in [5.74, 6) is 1.38. The average Bonchev–Trinajstić information content (AvgIpc) is 2.81. The van der Waals surface area contributed by atoms with Crippen molar-refractivity contribution in [3.05, 3.63) is 23.3 Å². The third kappa shape index (κ3) is 2.92. The van der Waals surface area contributed by atoms with Crippen molar-refractivity contribution in [2.75, 3.05) is 20.4 Å². The molecule has 2 rings (SSSR count). The summed E-state index contributed by atoms with van der Waals surface area (Å²) in [6, 6.07) is 3.95. The summed E-state index contributed by atoms with van der Waals surface area (Å²) in [7, 11) is 1.39. The third-order valence-corrected chi connectivity index (χ3v) is 2.88. The molecule has 1 N–H and O–H groups in total. The summed E-state index contributed by atoms with van der Waals surface area (Å²) in [6.45, 7) is 3.60. The first kappa shape index (κ1) is 12.7. The highest BCUT2D eigenvalue weighted by atomic mass is 16.7. The van der Waals surface area contributed by atoms with E-state index in [4.69, 9.17) is 9.47 Å². The number of nitrogens with one attached hydrogen (secondary N) is 1. The van der Waals surface area contributed by atoms with Gasteiger partial charge in [0.1, 0.15) is 0 Å². The van der Waals surface area contributed by atoms with Crippen molar-refractivity contribution in [2.24, 2.45) is 0 Å². The summed E-state index contributed by atoms with van der Waals surface area (Å²) in [5.41, 5.74) is 2.29. The second kappa shape index (κ2) is 5.73. The number of rotatable bonds is 5. The van der Waals surface area contributed by atoms with E-state index in [0.29, 0.717) is 19.5 Å². The maximum Gasteiger partial charge on any atom is 0.306 e. The van der Waals surface area contributed by atoms with Crippen LogP contribution in [0.25, 0.3) is 0 Å². The zero-order chi connectivity index (χ0) is 13.0. The summed E-state index contributed by atoms with van der Waals surface area (Å²) in [4.78, 5) is 10.9. The van der Waals surface area contributed by atoms with Crippen LogP contribution in [0.1, 0.15) is 17.5 Å². The average molecular weight is 251 g/mol. The van der Waals surface area contributed by atoms with Gasteiger partial charge in [0.05, 0.1) is 13.5 Å². The van der Waals surface area contributed by atoms with E-state index in [2.05, 4.69) is 10.1 Å². The minimum absolute atomic E-state index is 0.204.